The van der Waals surface area contributed by atoms with E-state index in [-0.39, 0.29) is 12.1 Å². The largest absolute Gasteiger partial charge is 0.497 e. The van der Waals surface area contributed by atoms with E-state index in [9.17, 15) is 0 Å². The van der Waals surface area contributed by atoms with E-state index in [4.69, 9.17) is 15.3 Å². The van der Waals surface area contributed by atoms with Crippen LogP contribution in [0.4, 0.5) is 0 Å². The third kappa shape index (κ3) is 3.37. The van der Waals surface area contributed by atoms with Crippen molar-refractivity contribution >= 4 is 0 Å². The first-order valence-electron chi connectivity index (χ1n) is 7.75. The molecule has 0 amide bonds. The number of nitrogens with one attached hydrogen (secondary N) is 1. The van der Waals surface area contributed by atoms with E-state index < -0.39 is 0 Å². The number of hydrazine groups is 1. The van der Waals surface area contributed by atoms with Gasteiger partial charge < -0.3 is 9.47 Å². The minimum absolute atomic E-state index is 0.124. The predicted molar refractivity (Wildman–Crippen MR) is 82.1 cm³/mol. The number of rotatable bonds is 5. The Kier molecular flexibility index (Phi) is 4.75. The van der Waals surface area contributed by atoms with Gasteiger partial charge in [-0.2, -0.15) is 0 Å². The van der Waals surface area contributed by atoms with E-state index in [0.29, 0.717) is 6.04 Å². The fourth-order valence-corrected chi connectivity index (χ4v) is 3.44. The van der Waals surface area contributed by atoms with Gasteiger partial charge in [0, 0.05) is 12.6 Å². The molecule has 0 spiro atoms. The molecule has 2 aliphatic rings. The van der Waals surface area contributed by atoms with Crippen molar-refractivity contribution in [2.45, 2.75) is 37.5 Å². The van der Waals surface area contributed by atoms with Crippen molar-refractivity contribution in [2.75, 3.05) is 26.8 Å². The molecule has 2 heterocycles. The van der Waals surface area contributed by atoms with Crippen LogP contribution in [0.1, 0.15) is 18.4 Å². The first-order valence-corrected chi connectivity index (χ1v) is 7.75. The fraction of sp³-hybridized carbons (Fsp3) is 0.625. The summed E-state index contributed by atoms with van der Waals surface area (Å²) < 4.78 is 11.3. The zero-order chi connectivity index (χ0) is 14.7. The predicted octanol–water partition coefficient (Wildman–Crippen LogP) is 0.933. The van der Waals surface area contributed by atoms with Crippen LogP contribution in [0.5, 0.6) is 5.75 Å². The van der Waals surface area contributed by atoms with Crippen molar-refractivity contribution in [3.63, 3.8) is 0 Å². The number of hydrogen-bond donors (Lipinski definition) is 2. The van der Waals surface area contributed by atoms with Gasteiger partial charge in [-0.05, 0) is 43.5 Å². The highest BCUT2D eigenvalue weighted by Gasteiger charge is 2.35. The number of methoxy groups -OCH3 is 1. The van der Waals surface area contributed by atoms with E-state index in [0.717, 1.165) is 25.3 Å². The topological polar surface area (TPSA) is 59.8 Å². The van der Waals surface area contributed by atoms with Crippen molar-refractivity contribution in [2.24, 2.45) is 5.84 Å². The van der Waals surface area contributed by atoms with Gasteiger partial charge in [0.05, 0.1) is 25.9 Å². The maximum atomic E-state index is 6.06. The molecule has 2 fully saturated rings. The Balaban J connectivity index is 1.64. The number of nitrogens with zero attached hydrogens (tertiary/aromatic N) is 1. The molecule has 0 aliphatic carbocycles. The molecule has 116 valence electrons. The first-order chi connectivity index (χ1) is 10.3. The van der Waals surface area contributed by atoms with Crippen LogP contribution in [0.2, 0.25) is 0 Å². The van der Waals surface area contributed by atoms with E-state index in [1.807, 2.05) is 12.1 Å². The Morgan fingerprint density at radius 2 is 2.43 bits per heavy atom. The van der Waals surface area contributed by atoms with Crippen molar-refractivity contribution in [1.29, 1.82) is 0 Å². The van der Waals surface area contributed by atoms with Gasteiger partial charge in [-0.25, -0.2) is 0 Å². The first kappa shape index (κ1) is 14.8. The molecule has 3 unspecified atom stereocenters. The van der Waals surface area contributed by atoms with Crippen LogP contribution in [0.15, 0.2) is 24.3 Å². The molecule has 0 saturated carbocycles. The van der Waals surface area contributed by atoms with Crippen molar-refractivity contribution in [1.82, 2.24) is 10.3 Å². The van der Waals surface area contributed by atoms with E-state index in [2.05, 4.69) is 22.5 Å². The lowest BCUT2D eigenvalue weighted by atomic mass is 9.99. The second kappa shape index (κ2) is 6.75. The minimum atomic E-state index is 0.124. The molecule has 3 rings (SSSR count). The summed E-state index contributed by atoms with van der Waals surface area (Å²) in [5.74, 6) is 6.66. The smallest absolute Gasteiger partial charge is 0.119 e. The van der Waals surface area contributed by atoms with Crippen molar-refractivity contribution in [3.8, 4) is 5.75 Å². The summed E-state index contributed by atoms with van der Waals surface area (Å²) in [6, 6.07) is 8.88. The highest BCUT2D eigenvalue weighted by Crippen LogP contribution is 2.25. The molecule has 3 atom stereocenters. The molecule has 0 bridgehead atoms. The van der Waals surface area contributed by atoms with Gasteiger partial charge in [-0.15, -0.1) is 0 Å². The summed E-state index contributed by atoms with van der Waals surface area (Å²) >= 11 is 0. The average molecular weight is 291 g/mol. The van der Waals surface area contributed by atoms with Gasteiger partial charge in [-0.3, -0.25) is 16.2 Å². The molecular weight excluding hydrogens is 266 g/mol. The monoisotopic (exact) mass is 291 g/mol. The van der Waals surface area contributed by atoms with Gasteiger partial charge in [0.25, 0.3) is 0 Å². The zero-order valence-electron chi connectivity index (χ0n) is 12.6. The molecule has 5 heteroatoms. The molecule has 21 heavy (non-hydrogen) atoms. The fourth-order valence-electron chi connectivity index (χ4n) is 3.44. The molecular formula is C16H25N3O2. The Morgan fingerprint density at radius 1 is 1.52 bits per heavy atom. The maximum Gasteiger partial charge on any atom is 0.119 e. The van der Waals surface area contributed by atoms with E-state index in [1.54, 1.807) is 7.11 Å². The molecule has 0 radical (unpaired) electrons. The number of nitrogens with two attached hydrogens (primary N) is 1. The highest BCUT2D eigenvalue weighted by atomic mass is 16.5. The highest BCUT2D eigenvalue weighted by molar-refractivity contribution is 5.29. The lowest BCUT2D eigenvalue weighted by molar-refractivity contribution is -0.0644. The summed E-state index contributed by atoms with van der Waals surface area (Å²) in [6.45, 7) is 3.01. The van der Waals surface area contributed by atoms with Crippen molar-refractivity contribution in [3.05, 3.63) is 29.8 Å². The molecule has 5 nitrogen and oxygen atoms in total. The van der Waals surface area contributed by atoms with E-state index >= 15 is 0 Å². The van der Waals surface area contributed by atoms with Gasteiger partial charge in [-0.1, -0.05) is 12.1 Å². The quantitative estimate of drug-likeness (QED) is 0.624. The summed E-state index contributed by atoms with van der Waals surface area (Å²) in [7, 11) is 1.69. The minimum Gasteiger partial charge on any atom is -0.497 e. The summed E-state index contributed by atoms with van der Waals surface area (Å²) in [4.78, 5) is 2.55. The Bertz CT molecular complexity index is 469. The van der Waals surface area contributed by atoms with Crippen LogP contribution in [-0.2, 0) is 11.2 Å². The second-order valence-corrected chi connectivity index (χ2v) is 5.99. The Morgan fingerprint density at radius 3 is 3.24 bits per heavy atom. The van der Waals surface area contributed by atoms with Gasteiger partial charge in [0.1, 0.15) is 5.75 Å². The Labute approximate surface area is 126 Å². The number of ether oxygens (including phenoxy) is 2. The van der Waals surface area contributed by atoms with Crippen LogP contribution in [0.25, 0.3) is 0 Å². The van der Waals surface area contributed by atoms with Crippen LogP contribution in [0, 0.1) is 0 Å². The van der Waals surface area contributed by atoms with Gasteiger partial charge in [0.15, 0.2) is 0 Å². The van der Waals surface area contributed by atoms with Gasteiger partial charge >= 0.3 is 0 Å². The number of hydrogen-bond acceptors (Lipinski definition) is 5. The average Bonchev–Trinajstić information content (AvgIpc) is 3.00. The molecule has 0 aromatic heterocycles. The van der Waals surface area contributed by atoms with E-state index in [1.165, 1.54) is 24.9 Å². The van der Waals surface area contributed by atoms with Crippen LogP contribution in [-0.4, -0.2) is 49.9 Å². The number of fused-ring (bicyclic) bond motifs is 1. The van der Waals surface area contributed by atoms with Crippen LogP contribution < -0.4 is 16.0 Å². The molecule has 3 N–H and O–H groups in total. The lowest BCUT2D eigenvalue weighted by Crippen LogP contribution is -2.56. The maximum absolute atomic E-state index is 6.06. The summed E-state index contributed by atoms with van der Waals surface area (Å²) in [6.07, 6.45) is 3.55. The number of benzene rings is 1. The van der Waals surface area contributed by atoms with Crippen LogP contribution >= 0.6 is 0 Å². The molecule has 2 saturated heterocycles. The molecule has 2 aliphatic heterocycles. The SMILES string of the molecule is COc1cccc(CC(NN)C2CN3CCCC3CO2)c1. The standard InChI is InChI=1S/C16H25N3O2/c1-20-14-6-2-4-12(8-14)9-15(18-17)16-10-19-7-3-5-13(19)11-21-16/h2,4,6,8,13,15-16,18H,3,5,7,9-11,17H2,1H3. The number of morpholine rings is 1. The normalized spacial score (nSPS) is 27.3. The lowest BCUT2D eigenvalue weighted by Gasteiger charge is -2.38. The van der Waals surface area contributed by atoms with Crippen molar-refractivity contribution < 1.29 is 9.47 Å². The third-order valence-electron chi connectivity index (χ3n) is 4.67. The summed E-state index contributed by atoms with van der Waals surface area (Å²) in [5, 5.41) is 0. The van der Waals surface area contributed by atoms with Crippen LogP contribution in [0.3, 0.4) is 0 Å². The second-order valence-electron chi connectivity index (χ2n) is 5.99. The zero-order valence-corrected chi connectivity index (χ0v) is 12.6. The Hall–Kier alpha value is -1.14. The van der Waals surface area contributed by atoms with Gasteiger partial charge in [0.2, 0.25) is 0 Å². The summed E-state index contributed by atoms with van der Waals surface area (Å²) in [5.41, 5.74) is 4.16. The molecule has 1 aromatic carbocycles. The third-order valence-corrected chi connectivity index (χ3v) is 4.67. The molecule has 1 aromatic rings.